The number of halogens is 3. The lowest BCUT2D eigenvalue weighted by atomic mass is 10.2. The van der Waals surface area contributed by atoms with Gasteiger partial charge in [-0.3, -0.25) is 4.79 Å². The lowest BCUT2D eigenvalue weighted by Crippen LogP contribution is -2.18. The minimum Gasteiger partial charge on any atom is -0.383 e. The summed E-state index contributed by atoms with van der Waals surface area (Å²) in [6.45, 7) is 2.57. The van der Waals surface area contributed by atoms with E-state index in [4.69, 9.17) is 0 Å². The van der Waals surface area contributed by atoms with Gasteiger partial charge in [-0.1, -0.05) is 6.07 Å². The molecule has 4 nitrogen and oxygen atoms in total. The van der Waals surface area contributed by atoms with E-state index in [0.717, 1.165) is 11.3 Å². The molecule has 0 aromatic heterocycles. The van der Waals surface area contributed by atoms with Gasteiger partial charge < -0.3 is 15.4 Å². The summed E-state index contributed by atoms with van der Waals surface area (Å²) in [5.74, 6) is -0.185. The van der Waals surface area contributed by atoms with Gasteiger partial charge >= 0.3 is 6.18 Å². The Hall–Kier alpha value is -1.76. The van der Waals surface area contributed by atoms with Crippen molar-refractivity contribution in [2.75, 3.05) is 30.4 Å². The van der Waals surface area contributed by atoms with Gasteiger partial charge in [-0.2, -0.15) is 13.2 Å². The normalized spacial score (nSPS) is 11.3. The Kier molecular flexibility index (Phi) is 6.48. The molecule has 7 heteroatoms. The van der Waals surface area contributed by atoms with Gasteiger partial charge in [0.15, 0.2) is 0 Å². The average Bonchev–Trinajstić information content (AvgIpc) is 2.35. The second-order valence-corrected chi connectivity index (χ2v) is 4.68. The van der Waals surface area contributed by atoms with Crippen molar-refractivity contribution in [1.29, 1.82) is 0 Å². The van der Waals surface area contributed by atoms with Gasteiger partial charge in [-0.05, 0) is 31.0 Å². The number of carbonyl (C=O) groups is 1. The zero-order chi connectivity index (χ0) is 15.9. The van der Waals surface area contributed by atoms with E-state index in [1.807, 2.05) is 19.1 Å². The van der Waals surface area contributed by atoms with Crippen LogP contribution < -0.4 is 10.6 Å². The zero-order valence-electron chi connectivity index (χ0n) is 12.0. The third-order valence-electron chi connectivity index (χ3n) is 2.53. The molecular formula is C14H19F3N2O2. The minimum absolute atomic E-state index is 0.0216. The maximum absolute atomic E-state index is 11.9. The highest BCUT2D eigenvalue weighted by molar-refractivity contribution is 5.92. The van der Waals surface area contributed by atoms with Crippen molar-refractivity contribution in [2.24, 2.45) is 0 Å². The predicted molar refractivity (Wildman–Crippen MR) is 75.5 cm³/mol. The third kappa shape index (κ3) is 7.55. The standard InChI is InChI=1S/C14H19F3N2O2/c1-10-4-5-12(19-11(2)20)13(8-10)18-6-3-7-21-9-14(15,16)17/h4-5,8,18H,3,6-7,9H2,1-2H3,(H,19,20). The van der Waals surface area contributed by atoms with Gasteiger partial charge in [0.05, 0.1) is 11.4 Å². The molecule has 0 aliphatic carbocycles. The van der Waals surface area contributed by atoms with E-state index in [-0.39, 0.29) is 12.5 Å². The summed E-state index contributed by atoms with van der Waals surface area (Å²) in [5, 5.41) is 5.77. The van der Waals surface area contributed by atoms with E-state index in [2.05, 4.69) is 15.4 Å². The molecule has 0 radical (unpaired) electrons. The van der Waals surface area contributed by atoms with Crippen molar-refractivity contribution in [2.45, 2.75) is 26.4 Å². The van der Waals surface area contributed by atoms with Gasteiger partial charge in [0.25, 0.3) is 0 Å². The van der Waals surface area contributed by atoms with Gasteiger partial charge in [0, 0.05) is 20.1 Å². The highest BCUT2D eigenvalue weighted by Crippen LogP contribution is 2.23. The molecule has 0 spiro atoms. The number of rotatable bonds is 7. The number of nitrogens with one attached hydrogen (secondary N) is 2. The highest BCUT2D eigenvalue weighted by Gasteiger charge is 2.27. The van der Waals surface area contributed by atoms with E-state index < -0.39 is 12.8 Å². The fourth-order valence-corrected chi connectivity index (χ4v) is 1.69. The molecule has 118 valence electrons. The maximum atomic E-state index is 11.9. The molecule has 2 N–H and O–H groups in total. The Balaban J connectivity index is 2.40. The van der Waals surface area contributed by atoms with Crippen LogP contribution in [0.5, 0.6) is 0 Å². The van der Waals surface area contributed by atoms with Crippen LogP contribution in [0, 0.1) is 6.92 Å². The average molecular weight is 304 g/mol. The molecule has 1 aromatic rings. The van der Waals surface area contributed by atoms with Crippen LogP contribution in [0.15, 0.2) is 18.2 Å². The van der Waals surface area contributed by atoms with Crippen LogP contribution in [0.1, 0.15) is 18.9 Å². The molecule has 0 saturated heterocycles. The van der Waals surface area contributed by atoms with Crippen molar-refractivity contribution in [1.82, 2.24) is 0 Å². The summed E-state index contributed by atoms with van der Waals surface area (Å²) in [6, 6.07) is 5.50. The SMILES string of the molecule is CC(=O)Nc1ccc(C)cc1NCCCOCC(F)(F)F. The van der Waals surface area contributed by atoms with E-state index in [1.165, 1.54) is 6.92 Å². The summed E-state index contributed by atoms with van der Waals surface area (Å²) in [4.78, 5) is 11.1. The molecule has 1 amide bonds. The summed E-state index contributed by atoms with van der Waals surface area (Å²) in [5.41, 5.74) is 2.39. The number of benzene rings is 1. The number of amides is 1. The van der Waals surface area contributed by atoms with E-state index in [0.29, 0.717) is 18.7 Å². The molecule has 0 unspecified atom stereocenters. The van der Waals surface area contributed by atoms with Crippen LogP contribution in [0.2, 0.25) is 0 Å². The molecule has 0 bridgehead atoms. The van der Waals surface area contributed by atoms with Gasteiger partial charge in [-0.25, -0.2) is 0 Å². The van der Waals surface area contributed by atoms with Gasteiger partial charge in [-0.15, -0.1) is 0 Å². The number of ether oxygens (including phenoxy) is 1. The molecule has 21 heavy (non-hydrogen) atoms. The van der Waals surface area contributed by atoms with Crippen LogP contribution in [0.4, 0.5) is 24.5 Å². The molecule has 0 heterocycles. The Morgan fingerprint density at radius 2 is 2.00 bits per heavy atom. The number of hydrogen-bond donors (Lipinski definition) is 2. The summed E-state index contributed by atoms with van der Waals surface area (Å²) < 4.78 is 40.1. The quantitative estimate of drug-likeness (QED) is 0.760. The number of alkyl halides is 3. The zero-order valence-corrected chi connectivity index (χ0v) is 12.0. The molecule has 1 rings (SSSR count). The number of aryl methyl sites for hydroxylation is 1. The summed E-state index contributed by atoms with van der Waals surface area (Å²) in [6.07, 6.45) is -3.86. The molecule has 0 aliphatic heterocycles. The van der Waals surface area contributed by atoms with Crippen LogP contribution in [0.3, 0.4) is 0 Å². The van der Waals surface area contributed by atoms with E-state index >= 15 is 0 Å². The number of anilines is 2. The van der Waals surface area contributed by atoms with Crippen molar-refractivity contribution in [3.05, 3.63) is 23.8 Å². The lowest BCUT2D eigenvalue weighted by Gasteiger charge is -2.13. The third-order valence-corrected chi connectivity index (χ3v) is 2.53. The second kappa shape index (κ2) is 7.87. The topological polar surface area (TPSA) is 50.4 Å². The van der Waals surface area contributed by atoms with Crippen LogP contribution >= 0.6 is 0 Å². The molecular weight excluding hydrogens is 285 g/mol. The Morgan fingerprint density at radius 3 is 2.62 bits per heavy atom. The van der Waals surface area contributed by atoms with Gasteiger partial charge in [0.1, 0.15) is 6.61 Å². The second-order valence-electron chi connectivity index (χ2n) is 4.68. The van der Waals surface area contributed by atoms with Crippen molar-refractivity contribution >= 4 is 17.3 Å². The van der Waals surface area contributed by atoms with Crippen molar-refractivity contribution in [3.63, 3.8) is 0 Å². The van der Waals surface area contributed by atoms with Gasteiger partial charge in [0.2, 0.25) is 5.91 Å². The minimum atomic E-state index is -4.29. The Morgan fingerprint density at radius 1 is 1.29 bits per heavy atom. The first kappa shape index (κ1) is 17.3. The van der Waals surface area contributed by atoms with Crippen molar-refractivity contribution in [3.8, 4) is 0 Å². The largest absolute Gasteiger partial charge is 0.411 e. The molecule has 0 fully saturated rings. The first-order valence-electron chi connectivity index (χ1n) is 6.54. The predicted octanol–water partition coefficient (Wildman–Crippen LogP) is 3.33. The monoisotopic (exact) mass is 304 g/mol. The molecule has 0 aliphatic rings. The molecule has 1 aromatic carbocycles. The summed E-state index contributed by atoms with van der Waals surface area (Å²) in [7, 11) is 0. The Bertz CT molecular complexity index is 476. The number of carbonyl (C=O) groups excluding carboxylic acids is 1. The number of hydrogen-bond acceptors (Lipinski definition) is 3. The fourth-order valence-electron chi connectivity index (χ4n) is 1.69. The molecule has 0 atom stereocenters. The van der Waals surface area contributed by atoms with Crippen molar-refractivity contribution < 1.29 is 22.7 Å². The van der Waals surface area contributed by atoms with Crippen LogP contribution in [0.25, 0.3) is 0 Å². The fraction of sp³-hybridized carbons (Fsp3) is 0.500. The van der Waals surface area contributed by atoms with E-state index in [1.54, 1.807) is 6.07 Å². The first-order valence-corrected chi connectivity index (χ1v) is 6.54. The van der Waals surface area contributed by atoms with E-state index in [9.17, 15) is 18.0 Å². The summed E-state index contributed by atoms with van der Waals surface area (Å²) >= 11 is 0. The molecule has 0 saturated carbocycles. The van der Waals surface area contributed by atoms with Crippen LogP contribution in [-0.2, 0) is 9.53 Å². The first-order chi connectivity index (χ1) is 9.78. The lowest BCUT2D eigenvalue weighted by molar-refractivity contribution is -0.173. The smallest absolute Gasteiger partial charge is 0.383 e. The maximum Gasteiger partial charge on any atom is 0.411 e. The highest BCUT2D eigenvalue weighted by atomic mass is 19.4. The van der Waals surface area contributed by atoms with Crippen LogP contribution in [-0.4, -0.2) is 31.8 Å². The Labute approximate surface area is 121 Å².